The summed E-state index contributed by atoms with van der Waals surface area (Å²) in [5.74, 6) is 1.59. The van der Waals surface area contributed by atoms with E-state index in [9.17, 15) is 5.11 Å². The van der Waals surface area contributed by atoms with Gasteiger partial charge in [-0.15, -0.1) is 0 Å². The van der Waals surface area contributed by atoms with Crippen LogP contribution in [0.4, 0.5) is 0 Å². The zero-order chi connectivity index (χ0) is 12.6. The summed E-state index contributed by atoms with van der Waals surface area (Å²) in [7, 11) is 0. The van der Waals surface area contributed by atoms with E-state index in [1.54, 1.807) is 11.6 Å². The smallest absolute Gasteiger partial charge is 0.148 e. The molecule has 0 bridgehead atoms. The maximum absolute atomic E-state index is 9.56. The third-order valence-electron chi connectivity index (χ3n) is 2.55. The molecule has 1 aromatic heterocycles. The molecule has 90 valence electrons. The lowest BCUT2D eigenvalue weighted by Gasteiger charge is -2.10. The number of aromatic nitrogens is 3. The van der Waals surface area contributed by atoms with Gasteiger partial charge in [-0.3, -0.25) is 0 Å². The second-order valence-electron chi connectivity index (χ2n) is 4.00. The number of aliphatic hydroxyl groups excluding tert-OH is 1. The van der Waals surface area contributed by atoms with E-state index in [4.69, 9.17) is 0 Å². The average molecular weight is 296 g/mol. The number of aryl methyl sites for hydroxylation is 2. The second kappa shape index (κ2) is 4.58. The van der Waals surface area contributed by atoms with E-state index in [2.05, 4.69) is 26.0 Å². The van der Waals surface area contributed by atoms with Crippen molar-refractivity contribution in [2.24, 2.45) is 0 Å². The maximum Gasteiger partial charge on any atom is 0.148 e. The molecule has 17 heavy (non-hydrogen) atoms. The molecule has 0 aliphatic heterocycles. The van der Waals surface area contributed by atoms with Gasteiger partial charge in [-0.2, -0.15) is 5.10 Å². The first-order valence-corrected chi connectivity index (χ1v) is 6.16. The van der Waals surface area contributed by atoms with Gasteiger partial charge in [0.25, 0.3) is 0 Å². The van der Waals surface area contributed by atoms with Crippen molar-refractivity contribution in [1.82, 2.24) is 14.8 Å². The maximum atomic E-state index is 9.56. The minimum atomic E-state index is -0.489. The number of hydrogen-bond acceptors (Lipinski definition) is 3. The van der Waals surface area contributed by atoms with Crippen molar-refractivity contribution in [3.8, 4) is 5.69 Å². The van der Waals surface area contributed by atoms with Crippen LogP contribution in [0.2, 0.25) is 0 Å². The van der Waals surface area contributed by atoms with Crippen LogP contribution in [0.5, 0.6) is 0 Å². The van der Waals surface area contributed by atoms with Crippen LogP contribution in [-0.2, 0) is 0 Å². The molecule has 0 aliphatic rings. The SMILES string of the molecule is Cc1nc(C)n(-c2ccc([C@H](C)O)c(Br)c2)n1. The molecule has 0 spiro atoms. The molecule has 0 saturated carbocycles. The molecule has 1 atom stereocenters. The first-order valence-electron chi connectivity index (χ1n) is 5.37. The van der Waals surface area contributed by atoms with Gasteiger partial charge in [-0.1, -0.05) is 22.0 Å². The summed E-state index contributed by atoms with van der Waals surface area (Å²) in [5, 5.41) is 13.9. The van der Waals surface area contributed by atoms with Crippen molar-refractivity contribution >= 4 is 15.9 Å². The number of aliphatic hydroxyl groups is 1. The molecule has 2 aromatic rings. The number of nitrogens with zero attached hydrogens (tertiary/aromatic N) is 3. The van der Waals surface area contributed by atoms with Crippen LogP contribution < -0.4 is 0 Å². The third-order valence-corrected chi connectivity index (χ3v) is 3.24. The van der Waals surface area contributed by atoms with Crippen molar-refractivity contribution in [2.45, 2.75) is 26.9 Å². The van der Waals surface area contributed by atoms with Gasteiger partial charge in [0.05, 0.1) is 11.8 Å². The fourth-order valence-electron chi connectivity index (χ4n) is 1.75. The first-order chi connectivity index (χ1) is 7.99. The van der Waals surface area contributed by atoms with E-state index in [-0.39, 0.29) is 0 Å². The molecule has 0 amide bonds. The molecule has 2 rings (SSSR count). The van der Waals surface area contributed by atoms with Gasteiger partial charge in [-0.25, -0.2) is 9.67 Å². The Morgan fingerprint density at radius 2 is 2.06 bits per heavy atom. The topological polar surface area (TPSA) is 50.9 Å². The quantitative estimate of drug-likeness (QED) is 0.927. The average Bonchev–Trinajstić information content (AvgIpc) is 2.57. The lowest BCUT2D eigenvalue weighted by Crippen LogP contribution is -2.01. The highest BCUT2D eigenvalue weighted by molar-refractivity contribution is 9.10. The summed E-state index contributed by atoms with van der Waals surface area (Å²) in [6, 6.07) is 5.75. The Labute approximate surface area is 108 Å². The highest BCUT2D eigenvalue weighted by Gasteiger charge is 2.10. The van der Waals surface area contributed by atoms with Gasteiger partial charge in [0.1, 0.15) is 11.6 Å². The molecule has 0 unspecified atom stereocenters. The van der Waals surface area contributed by atoms with Crippen molar-refractivity contribution in [1.29, 1.82) is 0 Å². The number of hydrogen-bond donors (Lipinski definition) is 1. The Morgan fingerprint density at radius 1 is 1.35 bits per heavy atom. The molecule has 0 radical (unpaired) electrons. The number of rotatable bonds is 2. The summed E-state index contributed by atoms with van der Waals surface area (Å²) < 4.78 is 2.66. The first kappa shape index (κ1) is 12.3. The lowest BCUT2D eigenvalue weighted by molar-refractivity contribution is 0.198. The number of benzene rings is 1. The minimum Gasteiger partial charge on any atom is -0.389 e. The predicted octanol–water partition coefficient (Wildman–Crippen LogP) is 2.70. The standard InChI is InChI=1S/C12H14BrN3O/c1-7(17)11-5-4-10(6-12(11)13)16-9(3)14-8(2)15-16/h4-7,17H,1-3H3/t7-/m0/s1. The summed E-state index contributed by atoms with van der Waals surface area (Å²) in [6.07, 6.45) is -0.489. The molecular formula is C12H14BrN3O. The van der Waals surface area contributed by atoms with Crippen LogP contribution in [-0.4, -0.2) is 19.9 Å². The van der Waals surface area contributed by atoms with Crippen molar-refractivity contribution in [3.63, 3.8) is 0 Å². The monoisotopic (exact) mass is 295 g/mol. The fraction of sp³-hybridized carbons (Fsp3) is 0.333. The largest absolute Gasteiger partial charge is 0.389 e. The van der Waals surface area contributed by atoms with Crippen LogP contribution in [0.15, 0.2) is 22.7 Å². The normalized spacial score (nSPS) is 12.8. The summed E-state index contributed by atoms with van der Waals surface area (Å²) in [4.78, 5) is 4.26. The highest BCUT2D eigenvalue weighted by Crippen LogP contribution is 2.26. The summed E-state index contributed by atoms with van der Waals surface area (Å²) in [5.41, 5.74) is 1.79. The Bertz CT molecular complexity index is 549. The molecule has 1 heterocycles. The minimum absolute atomic E-state index is 0.489. The van der Waals surface area contributed by atoms with Gasteiger partial charge >= 0.3 is 0 Å². The Morgan fingerprint density at radius 3 is 2.53 bits per heavy atom. The predicted molar refractivity (Wildman–Crippen MR) is 69.2 cm³/mol. The van der Waals surface area contributed by atoms with Crippen LogP contribution in [0.1, 0.15) is 30.2 Å². The van der Waals surface area contributed by atoms with Crippen LogP contribution in [0.3, 0.4) is 0 Å². The van der Waals surface area contributed by atoms with E-state index < -0.39 is 6.10 Å². The van der Waals surface area contributed by atoms with Gasteiger partial charge < -0.3 is 5.11 Å². The van der Waals surface area contributed by atoms with E-state index in [1.807, 2.05) is 32.0 Å². The molecule has 0 aliphatic carbocycles. The van der Waals surface area contributed by atoms with E-state index in [0.29, 0.717) is 0 Å². The van der Waals surface area contributed by atoms with Gasteiger partial charge in [-0.05, 0) is 38.5 Å². The Balaban J connectivity index is 2.48. The zero-order valence-electron chi connectivity index (χ0n) is 9.98. The fourth-order valence-corrected chi connectivity index (χ4v) is 2.45. The molecule has 1 aromatic carbocycles. The Hall–Kier alpha value is -1.20. The second-order valence-corrected chi connectivity index (χ2v) is 4.85. The molecule has 0 fully saturated rings. The van der Waals surface area contributed by atoms with Gasteiger partial charge in [0.2, 0.25) is 0 Å². The van der Waals surface area contributed by atoms with E-state index in [0.717, 1.165) is 27.4 Å². The summed E-state index contributed by atoms with van der Waals surface area (Å²) in [6.45, 7) is 5.52. The van der Waals surface area contributed by atoms with E-state index >= 15 is 0 Å². The van der Waals surface area contributed by atoms with Crippen molar-refractivity contribution in [2.75, 3.05) is 0 Å². The zero-order valence-corrected chi connectivity index (χ0v) is 11.6. The lowest BCUT2D eigenvalue weighted by atomic mass is 10.1. The van der Waals surface area contributed by atoms with E-state index in [1.165, 1.54) is 0 Å². The molecule has 0 saturated heterocycles. The number of halogens is 1. The molecule has 4 nitrogen and oxygen atoms in total. The molecular weight excluding hydrogens is 282 g/mol. The van der Waals surface area contributed by atoms with Crippen LogP contribution >= 0.6 is 15.9 Å². The van der Waals surface area contributed by atoms with Crippen molar-refractivity contribution in [3.05, 3.63) is 39.9 Å². The highest BCUT2D eigenvalue weighted by atomic mass is 79.9. The van der Waals surface area contributed by atoms with Crippen LogP contribution in [0, 0.1) is 13.8 Å². The summed E-state index contributed by atoms with van der Waals surface area (Å²) >= 11 is 3.45. The Kier molecular flexibility index (Phi) is 3.31. The molecule has 5 heteroatoms. The van der Waals surface area contributed by atoms with Gasteiger partial charge in [0, 0.05) is 4.47 Å². The van der Waals surface area contributed by atoms with Gasteiger partial charge in [0.15, 0.2) is 0 Å². The molecule has 1 N–H and O–H groups in total. The van der Waals surface area contributed by atoms with Crippen LogP contribution in [0.25, 0.3) is 5.69 Å². The third kappa shape index (κ3) is 2.40. The van der Waals surface area contributed by atoms with Crippen molar-refractivity contribution < 1.29 is 5.11 Å².